The Morgan fingerprint density at radius 2 is 2.00 bits per heavy atom. The van der Waals surface area contributed by atoms with Gasteiger partial charge in [0.1, 0.15) is 5.78 Å². The van der Waals surface area contributed by atoms with E-state index in [9.17, 15) is 4.79 Å². The molecular formula is C13H16OS. The fourth-order valence-electron chi connectivity index (χ4n) is 1.81. The van der Waals surface area contributed by atoms with E-state index in [0.29, 0.717) is 5.78 Å². The normalized spacial score (nSPS) is 17.4. The van der Waals surface area contributed by atoms with Crippen molar-refractivity contribution in [2.24, 2.45) is 5.41 Å². The molecule has 0 saturated heterocycles. The first-order valence-electron chi connectivity index (χ1n) is 5.42. The van der Waals surface area contributed by atoms with Crippen molar-refractivity contribution >= 4 is 17.5 Å². The summed E-state index contributed by atoms with van der Waals surface area (Å²) in [6, 6.07) is 10.4. The smallest absolute Gasteiger partial charge is 0.135 e. The quantitative estimate of drug-likeness (QED) is 0.706. The van der Waals surface area contributed by atoms with Gasteiger partial charge in [-0.25, -0.2) is 0 Å². The van der Waals surface area contributed by atoms with Crippen LogP contribution < -0.4 is 0 Å². The third kappa shape index (κ3) is 2.63. The van der Waals surface area contributed by atoms with Gasteiger partial charge in [-0.2, -0.15) is 0 Å². The number of thioether (sulfide) groups is 1. The number of carbonyl (C=O) groups excluding carboxylic acids is 1. The molecule has 1 aliphatic rings. The molecule has 2 heteroatoms. The summed E-state index contributed by atoms with van der Waals surface area (Å²) >= 11 is 1.85. The van der Waals surface area contributed by atoms with Crippen LogP contribution in [0.1, 0.15) is 26.2 Å². The van der Waals surface area contributed by atoms with E-state index in [1.54, 1.807) is 6.92 Å². The minimum Gasteiger partial charge on any atom is -0.299 e. The summed E-state index contributed by atoms with van der Waals surface area (Å²) in [6.07, 6.45) is 3.26. The Kier molecular flexibility index (Phi) is 3.15. The highest BCUT2D eigenvalue weighted by Crippen LogP contribution is 2.50. The van der Waals surface area contributed by atoms with Gasteiger partial charge in [-0.3, -0.25) is 4.79 Å². The molecule has 80 valence electrons. The van der Waals surface area contributed by atoms with Gasteiger partial charge in [0.2, 0.25) is 0 Å². The van der Waals surface area contributed by atoms with Gasteiger partial charge in [-0.15, -0.1) is 11.8 Å². The molecule has 0 atom stereocenters. The minimum absolute atomic E-state index is 0.0712. The molecule has 0 spiro atoms. The zero-order valence-corrected chi connectivity index (χ0v) is 9.85. The van der Waals surface area contributed by atoms with Crippen molar-refractivity contribution in [3.8, 4) is 0 Å². The summed E-state index contributed by atoms with van der Waals surface area (Å²) < 4.78 is 0. The second-order valence-corrected chi connectivity index (χ2v) is 5.42. The van der Waals surface area contributed by atoms with E-state index in [-0.39, 0.29) is 5.41 Å². The third-order valence-electron chi connectivity index (χ3n) is 3.19. The van der Waals surface area contributed by atoms with Gasteiger partial charge in [0, 0.05) is 10.3 Å². The van der Waals surface area contributed by atoms with Crippen molar-refractivity contribution in [1.29, 1.82) is 0 Å². The van der Waals surface area contributed by atoms with Gasteiger partial charge < -0.3 is 0 Å². The number of hydrogen-bond donors (Lipinski definition) is 0. The van der Waals surface area contributed by atoms with Gasteiger partial charge in [-0.05, 0) is 44.1 Å². The number of ketones is 1. The summed E-state index contributed by atoms with van der Waals surface area (Å²) in [4.78, 5) is 12.7. The molecule has 1 saturated carbocycles. The number of carbonyl (C=O) groups is 1. The van der Waals surface area contributed by atoms with E-state index in [1.807, 2.05) is 17.8 Å². The van der Waals surface area contributed by atoms with Crippen molar-refractivity contribution in [1.82, 2.24) is 0 Å². The fourth-order valence-corrected chi connectivity index (χ4v) is 2.89. The Morgan fingerprint density at radius 1 is 1.33 bits per heavy atom. The van der Waals surface area contributed by atoms with Crippen LogP contribution in [0.2, 0.25) is 0 Å². The summed E-state index contributed by atoms with van der Waals surface area (Å²) in [5.74, 6) is 1.44. The van der Waals surface area contributed by atoms with Crippen LogP contribution in [0.4, 0.5) is 0 Å². The van der Waals surface area contributed by atoms with Crippen molar-refractivity contribution in [2.45, 2.75) is 31.1 Å². The molecule has 1 aromatic rings. The Balaban J connectivity index is 1.79. The van der Waals surface area contributed by atoms with Crippen LogP contribution in [0.15, 0.2) is 35.2 Å². The van der Waals surface area contributed by atoms with Crippen LogP contribution in [-0.4, -0.2) is 11.5 Å². The predicted octanol–water partition coefficient (Wildman–Crippen LogP) is 3.54. The van der Waals surface area contributed by atoms with E-state index in [2.05, 4.69) is 24.3 Å². The minimum atomic E-state index is 0.0712. The maximum absolute atomic E-state index is 11.4. The second kappa shape index (κ2) is 4.40. The Labute approximate surface area is 95.3 Å². The molecule has 0 aliphatic heterocycles. The SMILES string of the molecule is CC(=O)C1(CCSc2ccccc2)CC1. The number of hydrogen-bond acceptors (Lipinski definition) is 2. The van der Waals surface area contributed by atoms with Crippen LogP contribution in [-0.2, 0) is 4.79 Å². The number of benzene rings is 1. The fraction of sp³-hybridized carbons (Fsp3) is 0.462. The number of rotatable bonds is 5. The van der Waals surface area contributed by atoms with Crippen molar-refractivity contribution in [2.75, 3.05) is 5.75 Å². The maximum Gasteiger partial charge on any atom is 0.135 e. The summed E-state index contributed by atoms with van der Waals surface area (Å²) in [5.41, 5.74) is 0.0712. The Bertz CT molecular complexity index is 341. The lowest BCUT2D eigenvalue weighted by Gasteiger charge is -2.10. The monoisotopic (exact) mass is 220 g/mol. The maximum atomic E-state index is 11.4. The van der Waals surface area contributed by atoms with E-state index >= 15 is 0 Å². The molecule has 0 heterocycles. The van der Waals surface area contributed by atoms with E-state index in [0.717, 1.165) is 25.0 Å². The highest BCUT2D eigenvalue weighted by atomic mass is 32.2. The summed E-state index contributed by atoms with van der Waals surface area (Å²) in [7, 11) is 0. The second-order valence-electron chi connectivity index (χ2n) is 4.25. The van der Waals surface area contributed by atoms with E-state index < -0.39 is 0 Å². The molecule has 1 nitrogen and oxygen atoms in total. The van der Waals surface area contributed by atoms with Gasteiger partial charge in [-0.1, -0.05) is 18.2 Å². The average molecular weight is 220 g/mol. The topological polar surface area (TPSA) is 17.1 Å². The van der Waals surface area contributed by atoms with Gasteiger partial charge in [0.15, 0.2) is 0 Å². The van der Waals surface area contributed by atoms with Crippen molar-refractivity contribution in [3.05, 3.63) is 30.3 Å². The van der Waals surface area contributed by atoms with Crippen LogP contribution >= 0.6 is 11.8 Å². The standard InChI is InChI=1S/C13H16OS/c1-11(14)13(7-8-13)9-10-15-12-5-3-2-4-6-12/h2-6H,7-10H2,1H3. The van der Waals surface area contributed by atoms with Gasteiger partial charge in [0.05, 0.1) is 0 Å². The zero-order valence-electron chi connectivity index (χ0n) is 9.03. The molecule has 15 heavy (non-hydrogen) atoms. The highest BCUT2D eigenvalue weighted by Gasteiger charge is 2.46. The Morgan fingerprint density at radius 3 is 2.53 bits per heavy atom. The molecule has 0 unspecified atom stereocenters. The van der Waals surface area contributed by atoms with Crippen LogP contribution in [0.3, 0.4) is 0 Å². The molecule has 0 aromatic heterocycles. The lowest BCUT2D eigenvalue weighted by Crippen LogP contribution is -2.12. The van der Waals surface area contributed by atoms with Crippen LogP contribution in [0, 0.1) is 5.41 Å². The van der Waals surface area contributed by atoms with E-state index in [1.165, 1.54) is 4.90 Å². The first kappa shape index (κ1) is 10.7. The molecule has 0 amide bonds. The lowest BCUT2D eigenvalue weighted by molar-refractivity contribution is -0.122. The molecule has 1 aliphatic carbocycles. The molecule has 1 fully saturated rings. The van der Waals surface area contributed by atoms with Crippen molar-refractivity contribution < 1.29 is 4.79 Å². The molecule has 2 rings (SSSR count). The van der Waals surface area contributed by atoms with Crippen LogP contribution in [0.5, 0.6) is 0 Å². The molecule has 0 N–H and O–H groups in total. The lowest BCUT2D eigenvalue weighted by atomic mass is 9.99. The first-order chi connectivity index (χ1) is 7.23. The van der Waals surface area contributed by atoms with Gasteiger partial charge in [0.25, 0.3) is 0 Å². The largest absolute Gasteiger partial charge is 0.299 e. The highest BCUT2D eigenvalue weighted by molar-refractivity contribution is 7.99. The molecule has 1 aromatic carbocycles. The molecule has 0 radical (unpaired) electrons. The molecule has 0 bridgehead atoms. The van der Waals surface area contributed by atoms with E-state index in [4.69, 9.17) is 0 Å². The number of Topliss-reactive ketones (excluding diaryl/α,β-unsaturated/α-hetero) is 1. The summed E-state index contributed by atoms with van der Waals surface area (Å²) in [5, 5.41) is 0. The van der Waals surface area contributed by atoms with Gasteiger partial charge >= 0.3 is 0 Å². The van der Waals surface area contributed by atoms with Crippen molar-refractivity contribution in [3.63, 3.8) is 0 Å². The predicted molar refractivity (Wildman–Crippen MR) is 64.1 cm³/mol. The summed E-state index contributed by atoms with van der Waals surface area (Å²) in [6.45, 7) is 1.74. The molecular weight excluding hydrogens is 204 g/mol. The Hall–Kier alpha value is -0.760. The first-order valence-corrected chi connectivity index (χ1v) is 6.40. The average Bonchev–Trinajstić information content (AvgIpc) is 3.01. The van der Waals surface area contributed by atoms with Crippen LogP contribution in [0.25, 0.3) is 0 Å². The zero-order chi connectivity index (χ0) is 10.7. The third-order valence-corrected chi connectivity index (χ3v) is 4.21.